The van der Waals surface area contributed by atoms with E-state index in [0.717, 1.165) is 41.6 Å². The first kappa shape index (κ1) is 25.0. The Morgan fingerprint density at radius 1 is 1.00 bits per heavy atom. The number of rotatable bonds is 14. The number of nitrogens with zero attached hydrogens (tertiary/aromatic N) is 3. The second kappa shape index (κ2) is 12.6. The van der Waals surface area contributed by atoms with Crippen LogP contribution in [0.4, 0.5) is 5.88 Å². The predicted molar refractivity (Wildman–Crippen MR) is 130 cm³/mol. The zero-order chi connectivity index (χ0) is 23.6. The van der Waals surface area contributed by atoms with E-state index >= 15 is 0 Å². The SMILES string of the molecule is CCN(CC)c1onc(-c2ccccc2)c1CN(Cc1ccco1)C[C@H](O)COCC(C)C. The fourth-order valence-corrected chi connectivity index (χ4v) is 3.85. The molecule has 2 aromatic heterocycles. The molecule has 0 radical (unpaired) electrons. The fraction of sp³-hybridized carbons (Fsp3) is 0.500. The van der Waals surface area contributed by atoms with Crippen molar-refractivity contribution in [1.82, 2.24) is 10.1 Å². The number of hydrogen-bond donors (Lipinski definition) is 1. The summed E-state index contributed by atoms with van der Waals surface area (Å²) in [5.74, 6) is 2.04. The molecule has 0 spiro atoms. The Bertz CT molecular complexity index is 920. The van der Waals surface area contributed by atoms with Gasteiger partial charge in [0.25, 0.3) is 0 Å². The Morgan fingerprint density at radius 3 is 2.39 bits per heavy atom. The molecule has 0 aliphatic carbocycles. The van der Waals surface area contributed by atoms with Crippen molar-refractivity contribution in [2.45, 2.75) is 46.9 Å². The molecule has 0 amide bonds. The molecule has 0 fully saturated rings. The van der Waals surface area contributed by atoms with E-state index < -0.39 is 6.10 Å². The second-order valence-corrected chi connectivity index (χ2v) is 8.69. The van der Waals surface area contributed by atoms with Gasteiger partial charge < -0.3 is 23.7 Å². The summed E-state index contributed by atoms with van der Waals surface area (Å²) in [6, 6.07) is 13.9. The minimum atomic E-state index is -0.615. The summed E-state index contributed by atoms with van der Waals surface area (Å²) >= 11 is 0. The molecule has 0 unspecified atom stereocenters. The standard InChI is InChI=1S/C26H37N3O4/c1-5-29(6-2)26-24(25(27-33-26)21-11-8-7-9-12-21)17-28(16-23-13-10-14-32-23)15-22(30)19-31-18-20(3)4/h7-14,20,22,30H,5-6,15-19H2,1-4H3/t22-/m0/s1. The number of benzene rings is 1. The third-order valence-corrected chi connectivity index (χ3v) is 5.44. The molecule has 0 aliphatic heterocycles. The van der Waals surface area contributed by atoms with E-state index in [4.69, 9.17) is 13.7 Å². The molecule has 1 aromatic carbocycles. The molecule has 0 aliphatic rings. The first-order valence-corrected chi connectivity index (χ1v) is 11.8. The molecule has 180 valence electrons. The van der Waals surface area contributed by atoms with Gasteiger partial charge in [0.05, 0.1) is 31.1 Å². The van der Waals surface area contributed by atoms with Crippen LogP contribution in [0, 0.1) is 5.92 Å². The van der Waals surface area contributed by atoms with E-state index in [0.29, 0.717) is 38.8 Å². The van der Waals surface area contributed by atoms with Crippen molar-refractivity contribution in [2.24, 2.45) is 5.92 Å². The number of aliphatic hydroxyl groups is 1. The van der Waals surface area contributed by atoms with Crippen LogP contribution in [0.25, 0.3) is 11.3 Å². The number of ether oxygens (including phenoxy) is 1. The maximum absolute atomic E-state index is 10.7. The van der Waals surface area contributed by atoms with Crippen LogP contribution in [0.15, 0.2) is 57.7 Å². The van der Waals surface area contributed by atoms with Crippen molar-refractivity contribution in [1.29, 1.82) is 0 Å². The molecule has 33 heavy (non-hydrogen) atoms. The maximum Gasteiger partial charge on any atom is 0.232 e. The van der Waals surface area contributed by atoms with Crippen molar-refractivity contribution in [3.05, 3.63) is 60.1 Å². The van der Waals surface area contributed by atoms with Crippen molar-refractivity contribution in [3.63, 3.8) is 0 Å². The summed E-state index contributed by atoms with van der Waals surface area (Å²) in [7, 11) is 0. The van der Waals surface area contributed by atoms with Gasteiger partial charge in [-0.3, -0.25) is 4.90 Å². The molecule has 3 rings (SSSR count). The van der Waals surface area contributed by atoms with Gasteiger partial charge in [0.15, 0.2) is 0 Å². The van der Waals surface area contributed by atoms with Gasteiger partial charge in [-0.15, -0.1) is 0 Å². The van der Waals surface area contributed by atoms with Crippen molar-refractivity contribution in [3.8, 4) is 11.3 Å². The Hall–Kier alpha value is -2.61. The van der Waals surface area contributed by atoms with Gasteiger partial charge in [0, 0.05) is 38.3 Å². The highest BCUT2D eigenvalue weighted by Crippen LogP contribution is 2.32. The van der Waals surface area contributed by atoms with Crippen molar-refractivity contribution < 1.29 is 18.8 Å². The normalized spacial score (nSPS) is 12.6. The monoisotopic (exact) mass is 455 g/mol. The van der Waals surface area contributed by atoms with E-state index in [9.17, 15) is 5.11 Å². The zero-order valence-corrected chi connectivity index (χ0v) is 20.2. The van der Waals surface area contributed by atoms with E-state index in [1.165, 1.54) is 0 Å². The van der Waals surface area contributed by atoms with E-state index in [-0.39, 0.29) is 0 Å². The highest BCUT2D eigenvalue weighted by atomic mass is 16.5. The molecule has 0 saturated heterocycles. The average Bonchev–Trinajstić information content (AvgIpc) is 3.45. The van der Waals surface area contributed by atoms with Crippen LogP contribution in [0.1, 0.15) is 39.0 Å². The molecule has 0 bridgehead atoms. The van der Waals surface area contributed by atoms with Gasteiger partial charge in [-0.05, 0) is 31.9 Å². The van der Waals surface area contributed by atoms with Crippen LogP contribution in [0.3, 0.4) is 0 Å². The van der Waals surface area contributed by atoms with Crippen LogP contribution in [0.2, 0.25) is 0 Å². The first-order chi connectivity index (χ1) is 16.0. The lowest BCUT2D eigenvalue weighted by Gasteiger charge is -2.26. The molecular formula is C26H37N3O4. The van der Waals surface area contributed by atoms with Crippen LogP contribution >= 0.6 is 0 Å². The highest BCUT2D eigenvalue weighted by molar-refractivity contribution is 5.68. The van der Waals surface area contributed by atoms with Gasteiger partial charge >= 0.3 is 0 Å². The van der Waals surface area contributed by atoms with Gasteiger partial charge in [-0.1, -0.05) is 49.3 Å². The molecule has 2 heterocycles. The number of hydrogen-bond acceptors (Lipinski definition) is 7. The average molecular weight is 456 g/mol. The van der Waals surface area contributed by atoms with Gasteiger partial charge in [-0.2, -0.15) is 0 Å². The second-order valence-electron chi connectivity index (χ2n) is 8.69. The summed E-state index contributed by atoms with van der Waals surface area (Å²) in [4.78, 5) is 4.33. The third-order valence-electron chi connectivity index (χ3n) is 5.44. The minimum Gasteiger partial charge on any atom is -0.468 e. The lowest BCUT2D eigenvalue weighted by molar-refractivity contribution is 0.00462. The molecule has 1 N–H and O–H groups in total. The Kier molecular flexibility index (Phi) is 9.54. The number of anilines is 1. The van der Waals surface area contributed by atoms with Crippen LogP contribution in [0.5, 0.6) is 0 Å². The minimum absolute atomic E-state index is 0.297. The Balaban J connectivity index is 1.87. The predicted octanol–water partition coefficient (Wildman–Crippen LogP) is 4.82. The van der Waals surface area contributed by atoms with E-state index in [1.54, 1.807) is 6.26 Å². The van der Waals surface area contributed by atoms with Gasteiger partial charge in [-0.25, -0.2) is 0 Å². The molecule has 3 aromatic rings. The lowest BCUT2D eigenvalue weighted by atomic mass is 10.1. The molecular weight excluding hydrogens is 418 g/mol. The van der Waals surface area contributed by atoms with Crippen molar-refractivity contribution >= 4 is 5.88 Å². The number of furan rings is 1. The summed E-state index contributed by atoms with van der Waals surface area (Å²) in [5.41, 5.74) is 2.84. The third kappa shape index (κ3) is 7.19. The fourth-order valence-electron chi connectivity index (χ4n) is 3.85. The van der Waals surface area contributed by atoms with E-state index in [2.05, 4.69) is 42.7 Å². The zero-order valence-electron chi connectivity index (χ0n) is 20.2. The van der Waals surface area contributed by atoms with Crippen LogP contribution in [-0.4, -0.2) is 54.1 Å². The molecule has 0 saturated carbocycles. The quantitative estimate of drug-likeness (QED) is 0.374. The lowest BCUT2D eigenvalue weighted by Crippen LogP contribution is -2.35. The summed E-state index contributed by atoms with van der Waals surface area (Å²) in [5, 5.41) is 15.1. The molecule has 7 nitrogen and oxygen atoms in total. The first-order valence-electron chi connectivity index (χ1n) is 11.8. The molecule has 7 heteroatoms. The summed E-state index contributed by atoms with van der Waals surface area (Å²) in [6.45, 7) is 12.5. The summed E-state index contributed by atoms with van der Waals surface area (Å²) < 4.78 is 17.2. The van der Waals surface area contributed by atoms with Gasteiger partial charge in [0.2, 0.25) is 5.88 Å². The smallest absolute Gasteiger partial charge is 0.232 e. The molecule has 1 atom stereocenters. The Labute approximate surface area is 196 Å². The number of aliphatic hydroxyl groups excluding tert-OH is 1. The maximum atomic E-state index is 10.7. The largest absolute Gasteiger partial charge is 0.468 e. The van der Waals surface area contributed by atoms with Crippen LogP contribution in [-0.2, 0) is 17.8 Å². The number of aromatic nitrogens is 1. The van der Waals surface area contributed by atoms with Crippen LogP contribution < -0.4 is 4.90 Å². The van der Waals surface area contributed by atoms with Gasteiger partial charge in [0.1, 0.15) is 11.5 Å². The topological polar surface area (TPSA) is 75.1 Å². The van der Waals surface area contributed by atoms with E-state index in [1.807, 2.05) is 42.5 Å². The summed E-state index contributed by atoms with van der Waals surface area (Å²) in [6.07, 6.45) is 1.06. The Morgan fingerprint density at radius 2 is 1.76 bits per heavy atom. The highest BCUT2D eigenvalue weighted by Gasteiger charge is 2.25. The van der Waals surface area contributed by atoms with Crippen molar-refractivity contribution in [2.75, 3.05) is 37.7 Å².